The van der Waals surface area contributed by atoms with Crippen LogP contribution in [0.25, 0.3) is 0 Å². The molecule has 1 unspecified atom stereocenters. The van der Waals surface area contributed by atoms with Crippen molar-refractivity contribution in [2.24, 2.45) is 0 Å². The van der Waals surface area contributed by atoms with Crippen LogP contribution < -0.4 is 0 Å². The lowest BCUT2D eigenvalue weighted by Crippen LogP contribution is -2.11. The highest BCUT2D eigenvalue weighted by Crippen LogP contribution is 2.24. The van der Waals surface area contributed by atoms with E-state index in [4.69, 9.17) is 9.15 Å². The van der Waals surface area contributed by atoms with Gasteiger partial charge in [-0.15, -0.1) is 0 Å². The van der Waals surface area contributed by atoms with E-state index < -0.39 is 6.10 Å². The second-order valence-electron chi connectivity index (χ2n) is 3.03. The summed E-state index contributed by atoms with van der Waals surface area (Å²) in [6.45, 7) is 4.09. The highest BCUT2D eigenvalue weighted by Gasteiger charge is 2.15. The minimum absolute atomic E-state index is 0.114. The third kappa shape index (κ3) is 3.14. The van der Waals surface area contributed by atoms with Gasteiger partial charge in [0.1, 0.15) is 11.9 Å². The van der Waals surface area contributed by atoms with Gasteiger partial charge in [0.15, 0.2) is 0 Å². The molecule has 0 spiro atoms. The van der Waals surface area contributed by atoms with Crippen molar-refractivity contribution in [3.63, 3.8) is 0 Å². The summed E-state index contributed by atoms with van der Waals surface area (Å²) >= 11 is 3.26. The second-order valence-corrected chi connectivity index (χ2v) is 3.89. The van der Waals surface area contributed by atoms with Crippen LogP contribution in [0.4, 0.5) is 0 Å². The third-order valence-corrected chi connectivity index (χ3v) is 2.19. The summed E-state index contributed by atoms with van der Waals surface area (Å²) in [4.78, 5) is 0. The van der Waals surface area contributed by atoms with Crippen LogP contribution in [-0.2, 0) is 4.74 Å². The van der Waals surface area contributed by atoms with E-state index in [2.05, 4.69) is 15.9 Å². The molecule has 1 rings (SSSR count). The van der Waals surface area contributed by atoms with Gasteiger partial charge >= 0.3 is 0 Å². The van der Waals surface area contributed by atoms with Crippen LogP contribution in [0.1, 0.15) is 25.7 Å². The summed E-state index contributed by atoms with van der Waals surface area (Å²) in [6.07, 6.45) is 0.938. The summed E-state index contributed by atoms with van der Waals surface area (Å²) < 4.78 is 11.1. The van der Waals surface area contributed by atoms with E-state index >= 15 is 0 Å². The molecule has 0 amide bonds. The number of hydrogen-bond acceptors (Lipinski definition) is 3. The fraction of sp³-hybridized carbons (Fsp3) is 0.556. The Morgan fingerprint density at radius 2 is 2.31 bits per heavy atom. The van der Waals surface area contributed by atoms with Crippen molar-refractivity contribution in [1.29, 1.82) is 0 Å². The first kappa shape index (κ1) is 10.8. The van der Waals surface area contributed by atoms with Crippen LogP contribution in [0.2, 0.25) is 0 Å². The van der Waals surface area contributed by atoms with Gasteiger partial charge in [0, 0.05) is 0 Å². The van der Waals surface area contributed by atoms with Crippen LogP contribution in [0.15, 0.2) is 21.2 Å². The molecule has 0 fully saturated rings. The van der Waals surface area contributed by atoms with Gasteiger partial charge in [-0.2, -0.15) is 0 Å². The van der Waals surface area contributed by atoms with Gasteiger partial charge in [0.05, 0.1) is 23.4 Å². The molecule has 1 aromatic heterocycles. The molecule has 1 N–H and O–H groups in total. The normalized spacial score (nSPS) is 13.6. The molecule has 0 aliphatic carbocycles. The van der Waals surface area contributed by atoms with E-state index in [1.165, 1.54) is 6.26 Å². The summed E-state index contributed by atoms with van der Waals surface area (Å²) in [5.74, 6) is 0.514. The number of halogens is 1. The summed E-state index contributed by atoms with van der Waals surface area (Å²) in [6, 6.07) is 1.74. The first-order valence-corrected chi connectivity index (χ1v) is 4.93. The zero-order chi connectivity index (χ0) is 9.84. The Labute approximate surface area is 85.8 Å². The number of aliphatic hydroxyl groups is 1. The van der Waals surface area contributed by atoms with Gasteiger partial charge in [-0.3, -0.25) is 0 Å². The molecule has 0 saturated heterocycles. The molecule has 0 aliphatic rings. The SMILES string of the molecule is CC(C)OCC(O)c1occc1Br. The number of ether oxygens (including phenoxy) is 1. The largest absolute Gasteiger partial charge is 0.465 e. The van der Waals surface area contributed by atoms with Crippen molar-refractivity contribution in [3.8, 4) is 0 Å². The molecule has 1 atom stereocenters. The molecule has 74 valence electrons. The molecule has 3 nitrogen and oxygen atoms in total. The predicted octanol–water partition coefficient (Wildman–Crippen LogP) is 2.50. The van der Waals surface area contributed by atoms with Gasteiger partial charge < -0.3 is 14.3 Å². The molecule has 1 heterocycles. The zero-order valence-corrected chi connectivity index (χ0v) is 9.24. The molecular weight excluding hydrogens is 236 g/mol. The number of aliphatic hydroxyl groups excluding tert-OH is 1. The lowest BCUT2D eigenvalue weighted by molar-refractivity contribution is -0.00382. The monoisotopic (exact) mass is 248 g/mol. The minimum Gasteiger partial charge on any atom is -0.465 e. The van der Waals surface area contributed by atoms with Gasteiger partial charge in [0.2, 0.25) is 0 Å². The average molecular weight is 249 g/mol. The smallest absolute Gasteiger partial charge is 0.148 e. The van der Waals surface area contributed by atoms with Crippen molar-refractivity contribution < 1.29 is 14.3 Å². The molecule has 1 aromatic rings. The molecule has 0 bridgehead atoms. The molecule has 0 aliphatic heterocycles. The standard InChI is InChI=1S/C9H13BrO3/c1-6(2)13-5-8(11)9-7(10)3-4-12-9/h3-4,6,8,11H,5H2,1-2H3. The van der Waals surface area contributed by atoms with Crippen molar-refractivity contribution in [3.05, 3.63) is 22.6 Å². The van der Waals surface area contributed by atoms with E-state index in [9.17, 15) is 5.11 Å². The Hall–Kier alpha value is -0.320. The van der Waals surface area contributed by atoms with Crippen LogP contribution in [0.3, 0.4) is 0 Å². The fourth-order valence-electron chi connectivity index (χ4n) is 0.902. The Bertz CT molecular complexity index is 257. The highest BCUT2D eigenvalue weighted by atomic mass is 79.9. The van der Waals surface area contributed by atoms with Gasteiger partial charge in [-0.25, -0.2) is 0 Å². The van der Waals surface area contributed by atoms with Crippen LogP contribution in [0, 0.1) is 0 Å². The lowest BCUT2D eigenvalue weighted by atomic mass is 10.3. The molecule has 13 heavy (non-hydrogen) atoms. The Morgan fingerprint density at radius 3 is 2.77 bits per heavy atom. The van der Waals surface area contributed by atoms with E-state index in [-0.39, 0.29) is 12.7 Å². The van der Waals surface area contributed by atoms with Crippen molar-refractivity contribution in [2.45, 2.75) is 26.1 Å². The van der Waals surface area contributed by atoms with Crippen LogP contribution in [0.5, 0.6) is 0 Å². The minimum atomic E-state index is -0.702. The number of furan rings is 1. The van der Waals surface area contributed by atoms with E-state index in [1.807, 2.05) is 13.8 Å². The maximum atomic E-state index is 9.59. The summed E-state index contributed by atoms with van der Waals surface area (Å²) in [5, 5.41) is 9.59. The first-order chi connectivity index (χ1) is 6.11. The van der Waals surface area contributed by atoms with Crippen molar-refractivity contribution in [1.82, 2.24) is 0 Å². The molecule has 0 aromatic carbocycles. The van der Waals surface area contributed by atoms with Crippen LogP contribution in [-0.4, -0.2) is 17.8 Å². The summed E-state index contributed by atoms with van der Waals surface area (Å²) in [5.41, 5.74) is 0. The first-order valence-electron chi connectivity index (χ1n) is 4.14. The maximum absolute atomic E-state index is 9.59. The van der Waals surface area contributed by atoms with Crippen LogP contribution >= 0.6 is 15.9 Å². The Morgan fingerprint density at radius 1 is 1.62 bits per heavy atom. The van der Waals surface area contributed by atoms with Crippen molar-refractivity contribution >= 4 is 15.9 Å². The van der Waals surface area contributed by atoms with E-state index in [0.717, 1.165) is 4.47 Å². The third-order valence-electron chi connectivity index (χ3n) is 1.53. The van der Waals surface area contributed by atoms with E-state index in [0.29, 0.717) is 5.76 Å². The molecule has 0 radical (unpaired) electrons. The number of rotatable bonds is 4. The fourth-order valence-corrected chi connectivity index (χ4v) is 1.37. The van der Waals surface area contributed by atoms with Crippen molar-refractivity contribution in [2.75, 3.05) is 6.61 Å². The summed E-state index contributed by atoms with van der Waals surface area (Å²) in [7, 11) is 0. The quantitative estimate of drug-likeness (QED) is 0.891. The maximum Gasteiger partial charge on any atom is 0.148 e. The lowest BCUT2D eigenvalue weighted by Gasteiger charge is -2.11. The van der Waals surface area contributed by atoms with Gasteiger partial charge in [-0.1, -0.05) is 0 Å². The molecule has 4 heteroatoms. The zero-order valence-electron chi connectivity index (χ0n) is 7.66. The predicted molar refractivity (Wildman–Crippen MR) is 52.5 cm³/mol. The molecule has 0 saturated carbocycles. The molecular formula is C9H13BrO3. The Balaban J connectivity index is 2.49. The topological polar surface area (TPSA) is 42.6 Å². The van der Waals surface area contributed by atoms with Gasteiger partial charge in [0.25, 0.3) is 0 Å². The highest BCUT2D eigenvalue weighted by molar-refractivity contribution is 9.10. The Kier molecular flexibility index (Phi) is 3.96. The average Bonchev–Trinajstić information content (AvgIpc) is 2.47. The number of hydrogen-bond donors (Lipinski definition) is 1. The van der Waals surface area contributed by atoms with Gasteiger partial charge in [-0.05, 0) is 35.8 Å². The second kappa shape index (κ2) is 4.79. The van der Waals surface area contributed by atoms with E-state index in [1.54, 1.807) is 6.07 Å².